The van der Waals surface area contributed by atoms with Crippen LogP contribution < -0.4 is 10.1 Å². The van der Waals surface area contributed by atoms with Crippen LogP contribution in [0.2, 0.25) is 0 Å². The number of ether oxygens (including phenoxy) is 1. The Labute approximate surface area is 148 Å². The topological polar surface area (TPSA) is 56.1 Å². The lowest BCUT2D eigenvalue weighted by Gasteiger charge is -2.09. The van der Waals surface area contributed by atoms with E-state index in [4.69, 9.17) is 9.84 Å². The van der Waals surface area contributed by atoms with Gasteiger partial charge >= 0.3 is 0 Å². The van der Waals surface area contributed by atoms with Crippen molar-refractivity contribution in [2.75, 3.05) is 13.2 Å². The van der Waals surface area contributed by atoms with E-state index >= 15 is 0 Å². The summed E-state index contributed by atoms with van der Waals surface area (Å²) in [7, 11) is 0. The molecule has 0 bridgehead atoms. The summed E-state index contributed by atoms with van der Waals surface area (Å²) >= 11 is 0. The lowest BCUT2D eigenvalue weighted by Crippen LogP contribution is -2.27. The number of aromatic nitrogens is 2. The number of benzene rings is 1. The van der Waals surface area contributed by atoms with E-state index in [0.717, 1.165) is 12.3 Å². The van der Waals surface area contributed by atoms with Gasteiger partial charge in [0.15, 0.2) is 0 Å². The fourth-order valence-corrected chi connectivity index (χ4v) is 3.16. The molecule has 1 amide bonds. The van der Waals surface area contributed by atoms with Gasteiger partial charge in [0, 0.05) is 29.6 Å². The molecule has 2 aliphatic rings. The summed E-state index contributed by atoms with van der Waals surface area (Å²) in [5, 5.41) is 7.78. The number of hydrogen-bond donors (Lipinski definition) is 1. The Morgan fingerprint density at radius 2 is 1.92 bits per heavy atom. The Morgan fingerprint density at radius 3 is 2.56 bits per heavy atom. The third-order valence-corrected chi connectivity index (χ3v) is 4.86. The molecule has 0 aliphatic heterocycles. The minimum absolute atomic E-state index is 0.0504. The van der Waals surface area contributed by atoms with Gasteiger partial charge in [-0.2, -0.15) is 5.10 Å². The average Bonchev–Trinajstić information content (AvgIpc) is 3.54. The number of amides is 1. The molecular weight excluding hydrogens is 314 g/mol. The van der Waals surface area contributed by atoms with Crippen molar-refractivity contribution >= 4 is 5.91 Å². The monoisotopic (exact) mass is 339 g/mol. The molecule has 4 rings (SSSR count). The largest absolute Gasteiger partial charge is 0.494 e. The van der Waals surface area contributed by atoms with Crippen molar-refractivity contribution in [3.05, 3.63) is 47.3 Å². The molecule has 0 radical (unpaired) electrons. The lowest BCUT2D eigenvalue weighted by atomic mass is 10.2. The molecule has 132 valence electrons. The standard InChI is InChI=1S/C20H25N3O2/c1-2-25-17-9-7-16(8-10-17)20(24)21-11-12-23-19(15-5-6-15)13-18(22-23)14-3-4-14/h7-10,13-15H,2-6,11-12H2,1H3,(H,21,24). The number of carbonyl (C=O) groups is 1. The Balaban J connectivity index is 1.33. The highest BCUT2D eigenvalue weighted by Crippen LogP contribution is 2.44. The molecule has 1 aromatic carbocycles. The molecule has 0 unspecified atom stereocenters. The van der Waals surface area contributed by atoms with Gasteiger partial charge in [0.25, 0.3) is 5.91 Å². The quantitative estimate of drug-likeness (QED) is 0.801. The van der Waals surface area contributed by atoms with Crippen LogP contribution in [0.3, 0.4) is 0 Å². The van der Waals surface area contributed by atoms with E-state index in [1.54, 1.807) is 12.1 Å². The van der Waals surface area contributed by atoms with Crippen molar-refractivity contribution in [2.24, 2.45) is 0 Å². The molecule has 1 N–H and O–H groups in total. The lowest BCUT2D eigenvalue weighted by molar-refractivity contribution is 0.0952. The normalized spacial score (nSPS) is 16.7. The summed E-state index contributed by atoms with van der Waals surface area (Å²) in [6, 6.07) is 9.56. The summed E-state index contributed by atoms with van der Waals surface area (Å²) in [6.45, 7) is 3.90. The molecule has 25 heavy (non-hydrogen) atoms. The van der Waals surface area contributed by atoms with Crippen molar-refractivity contribution in [1.29, 1.82) is 0 Å². The molecule has 0 atom stereocenters. The van der Waals surface area contributed by atoms with Gasteiger partial charge in [-0.3, -0.25) is 9.48 Å². The highest BCUT2D eigenvalue weighted by molar-refractivity contribution is 5.94. The summed E-state index contributed by atoms with van der Waals surface area (Å²) in [5.41, 5.74) is 3.27. The van der Waals surface area contributed by atoms with E-state index in [1.165, 1.54) is 37.1 Å². The SMILES string of the molecule is CCOc1ccc(C(=O)NCCn2nc(C3CC3)cc2C2CC2)cc1. The smallest absolute Gasteiger partial charge is 0.251 e. The van der Waals surface area contributed by atoms with Gasteiger partial charge in [-0.25, -0.2) is 0 Å². The summed E-state index contributed by atoms with van der Waals surface area (Å²) in [6.07, 6.45) is 5.09. The van der Waals surface area contributed by atoms with Crippen LogP contribution in [0.1, 0.15) is 66.2 Å². The maximum atomic E-state index is 12.3. The molecule has 1 aromatic heterocycles. The molecule has 2 fully saturated rings. The molecule has 2 saturated carbocycles. The minimum Gasteiger partial charge on any atom is -0.494 e. The summed E-state index contributed by atoms with van der Waals surface area (Å²) < 4.78 is 7.52. The van der Waals surface area contributed by atoms with Gasteiger partial charge in [0.1, 0.15) is 5.75 Å². The van der Waals surface area contributed by atoms with Crippen molar-refractivity contribution in [3.8, 4) is 5.75 Å². The van der Waals surface area contributed by atoms with Crippen LogP contribution in [0.15, 0.2) is 30.3 Å². The number of hydrogen-bond acceptors (Lipinski definition) is 3. The maximum Gasteiger partial charge on any atom is 0.251 e. The van der Waals surface area contributed by atoms with Crippen LogP contribution in [-0.2, 0) is 6.54 Å². The molecular formula is C20H25N3O2. The van der Waals surface area contributed by atoms with E-state index < -0.39 is 0 Å². The number of rotatable bonds is 8. The van der Waals surface area contributed by atoms with Crippen molar-refractivity contribution in [3.63, 3.8) is 0 Å². The zero-order valence-electron chi connectivity index (χ0n) is 14.7. The highest BCUT2D eigenvalue weighted by atomic mass is 16.5. The van der Waals surface area contributed by atoms with E-state index in [9.17, 15) is 4.79 Å². The predicted molar refractivity (Wildman–Crippen MR) is 96.1 cm³/mol. The molecule has 2 aromatic rings. The molecule has 5 heteroatoms. The van der Waals surface area contributed by atoms with Crippen LogP contribution in [-0.4, -0.2) is 28.8 Å². The van der Waals surface area contributed by atoms with E-state index in [1.807, 2.05) is 19.1 Å². The minimum atomic E-state index is -0.0504. The maximum absolute atomic E-state index is 12.3. The third-order valence-electron chi connectivity index (χ3n) is 4.86. The van der Waals surface area contributed by atoms with Crippen molar-refractivity contribution in [1.82, 2.24) is 15.1 Å². The Hall–Kier alpha value is -2.30. The van der Waals surface area contributed by atoms with E-state index in [0.29, 0.717) is 30.6 Å². The molecule has 1 heterocycles. The van der Waals surface area contributed by atoms with Crippen LogP contribution in [0.25, 0.3) is 0 Å². The average molecular weight is 339 g/mol. The first-order chi connectivity index (χ1) is 12.2. The van der Waals surface area contributed by atoms with E-state index in [2.05, 4.69) is 16.1 Å². The number of carbonyl (C=O) groups excluding carboxylic acids is 1. The van der Waals surface area contributed by atoms with Gasteiger partial charge < -0.3 is 10.1 Å². The molecule has 0 saturated heterocycles. The van der Waals surface area contributed by atoms with Crippen LogP contribution in [0, 0.1) is 0 Å². The van der Waals surface area contributed by atoms with Crippen molar-refractivity contribution < 1.29 is 9.53 Å². The summed E-state index contributed by atoms with van der Waals surface area (Å²) in [5.74, 6) is 2.10. The van der Waals surface area contributed by atoms with E-state index in [-0.39, 0.29) is 5.91 Å². The second kappa shape index (κ2) is 6.90. The fourth-order valence-electron chi connectivity index (χ4n) is 3.16. The van der Waals surface area contributed by atoms with Gasteiger partial charge in [0.05, 0.1) is 18.8 Å². The van der Waals surface area contributed by atoms with Gasteiger partial charge in [0.2, 0.25) is 0 Å². The first-order valence-corrected chi connectivity index (χ1v) is 9.33. The molecule has 2 aliphatic carbocycles. The zero-order valence-corrected chi connectivity index (χ0v) is 14.7. The fraction of sp³-hybridized carbons (Fsp3) is 0.500. The van der Waals surface area contributed by atoms with Crippen LogP contribution >= 0.6 is 0 Å². The Morgan fingerprint density at radius 1 is 1.20 bits per heavy atom. The van der Waals surface area contributed by atoms with Gasteiger partial charge in [-0.05, 0) is 62.9 Å². The van der Waals surface area contributed by atoms with Gasteiger partial charge in [-0.15, -0.1) is 0 Å². The Kier molecular flexibility index (Phi) is 4.47. The first-order valence-electron chi connectivity index (χ1n) is 9.33. The van der Waals surface area contributed by atoms with Crippen LogP contribution in [0.5, 0.6) is 5.75 Å². The number of nitrogens with one attached hydrogen (secondary N) is 1. The second-order valence-corrected chi connectivity index (χ2v) is 6.98. The molecule has 0 spiro atoms. The predicted octanol–water partition coefficient (Wildman–Crippen LogP) is 3.47. The number of nitrogens with zero attached hydrogens (tertiary/aromatic N) is 2. The zero-order chi connectivity index (χ0) is 17.2. The highest BCUT2D eigenvalue weighted by Gasteiger charge is 2.32. The Bertz CT molecular complexity index is 743. The second-order valence-electron chi connectivity index (χ2n) is 6.98. The van der Waals surface area contributed by atoms with Gasteiger partial charge in [-0.1, -0.05) is 0 Å². The van der Waals surface area contributed by atoms with Crippen LogP contribution in [0.4, 0.5) is 0 Å². The van der Waals surface area contributed by atoms with Crippen molar-refractivity contribution in [2.45, 2.75) is 51.0 Å². The summed E-state index contributed by atoms with van der Waals surface area (Å²) in [4.78, 5) is 12.3. The molecule has 5 nitrogen and oxygen atoms in total. The first kappa shape index (κ1) is 16.2. The third kappa shape index (κ3) is 3.86.